The van der Waals surface area contributed by atoms with Gasteiger partial charge in [0.1, 0.15) is 6.33 Å². The second kappa shape index (κ2) is 7.26. The zero-order valence-corrected chi connectivity index (χ0v) is 15.5. The number of nitrogens with zero attached hydrogens (tertiary/aromatic N) is 8. The maximum Gasteiger partial charge on any atom is 0.252 e. The third-order valence-corrected chi connectivity index (χ3v) is 5.04. The van der Waals surface area contributed by atoms with E-state index in [0.29, 0.717) is 31.7 Å². The van der Waals surface area contributed by atoms with Crippen LogP contribution in [-0.4, -0.2) is 66.5 Å². The highest BCUT2D eigenvalue weighted by atomic mass is 16.2. The molecule has 0 aliphatic carbocycles. The van der Waals surface area contributed by atoms with E-state index in [0.717, 1.165) is 36.0 Å². The molecule has 1 amide bonds. The molecule has 4 heterocycles. The van der Waals surface area contributed by atoms with Crippen molar-refractivity contribution in [1.29, 1.82) is 0 Å². The number of aryl methyl sites for hydroxylation is 2. The fourth-order valence-electron chi connectivity index (χ4n) is 3.52. The lowest BCUT2D eigenvalue weighted by Gasteiger charge is -2.34. The van der Waals surface area contributed by atoms with Crippen molar-refractivity contribution in [2.24, 2.45) is 0 Å². The summed E-state index contributed by atoms with van der Waals surface area (Å²) in [6, 6.07) is 1.80. The van der Waals surface area contributed by atoms with Crippen LogP contribution < -0.4 is 4.90 Å². The molecule has 0 aromatic carbocycles. The molecule has 140 valence electrons. The van der Waals surface area contributed by atoms with Gasteiger partial charge in [-0.05, 0) is 31.9 Å². The summed E-state index contributed by atoms with van der Waals surface area (Å²) in [6.07, 6.45) is 6.10. The Labute approximate surface area is 157 Å². The van der Waals surface area contributed by atoms with Crippen LogP contribution in [0.5, 0.6) is 0 Å². The Hall–Kier alpha value is -3.10. The smallest absolute Gasteiger partial charge is 0.252 e. The zero-order valence-electron chi connectivity index (χ0n) is 15.5. The van der Waals surface area contributed by atoms with Crippen molar-refractivity contribution in [2.45, 2.75) is 26.7 Å². The maximum atomic E-state index is 12.7. The average molecular weight is 366 g/mol. The molecular weight excluding hydrogens is 344 g/mol. The molecule has 0 unspecified atom stereocenters. The lowest BCUT2D eigenvalue weighted by Crippen LogP contribution is -2.49. The third kappa shape index (κ3) is 3.44. The Kier molecular flexibility index (Phi) is 4.66. The largest absolute Gasteiger partial charge is 0.339 e. The second-order valence-electron chi connectivity index (χ2n) is 6.65. The van der Waals surface area contributed by atoms with E-state index >= 15 is 0 Å². The molecule has 0 atom stereocenters. The first-order chi connectivity index (χ1) is 13.1. The van der Waals surface area contributed by atoms with E-state index in [1.165, 1.54) is 6.33 Å². The van der Waals surface area contributed by atoms with Gasteiger partial charge in [-0.25, -0.2) is 19.5 Å². The van der Waals surface area contributed by atoms with E-state index in [-0.39, 0.29) is 5.91 Å². The molecule has 3 aromatic rings. The minimum Gasteiger partial charge on any atom is -0.339 e. The van der Waals surface area contributed by atoms with Crippen LogP contribution in [0.1, 0.15) is 23.4 Å². The zero-order chi connectivity index (χ0) is 18.8. The van der Waals surface area contributed by atoms with Gasteiger partial charge in [0.25, 0.3) is 5.78 Å². The number of hydrogen-bond acceptors (Lipinski definition) is 7. The number of hydrogen-bond donors (Lipinski definition) is 0. The average Bonchev–Trinajstić information content (AvgIpc) is 3.17. The highest BCUT2D eigenvalue weighted by molar-refractivity contribution is 5.76. The Morgan fingerprint density at radius 2 is 1.81 bits per heavy atom. The normalized spacial score (nSPS) is 14.7. The van der Waals surface area contributed by atoms with Crippen LogP contribution in [0.25, 0.3) is 5.78 Å². The predicted molar refractivity (Wildman–Crippen MR) is 99.4 cm³/mol. The Morgan fingerprint density at radius 1 is 1.07 bits per heavy atom. The van der Waals surface area contributed by atoms with Crippen LogP contribution >= 0.6 is 0 Å². The van der Waals surface area contributed by atoms with Crippen LogP contribution in [-0.2, 0) is 11.2 Å². The molecule has 0 spiro atoms. The van der Waals surface area contributed by atoms with Crippen molar-refractivity contribution in [2.75, 3.05) is 31.1 Å². The van der Waals surface area contributed by atoms with Gasteiger partial charge in [-0.15, -0.1) is 0 Å². The summed E-state index contributed by atoms with van der Waals surface area (Å²) in [4.78, 5) is 33.9. The lowest BCUT2D eigenvalue weighted by atomic mass is 10.1. The van der Waals surface area contributed by atoms with Crippen molar-refractivity contribution in [3.05, 3.63) is 41.7 Å². The summed E-state index contributed by atoms with van der Waals surface area (Å²) >= 11 is 0. The molecule has 3 aromatic heterocycles. The Morgan fingerprint density at radius 3 is 2.56 bits per heavy atom. The summed E-state index contributed by atoms with van der Waals surface area (Å²) in [5.41, 5.74) is 2.97. The molecule has 0 N–H and O–H groups in total. The van der Waals surface area contributed by atoms with Gasteiger partial charge >= 0.3 is 0 Å². The molecule has 9 nitrogen and oxygen atoms in total. The van der Waals surface area contributed by atoms with Crippen molar-refractivity contribution in [1.82, 2.24) is 34.4 Å². The van der Waals surface area contributed by atoms with Crippen molar-refractivity contribution in [3.63, 3.8) is 0 Å². The minimum absolute atomic E-state index is 0.168. The number of anilines is 1. The molecule has 4 rings (SSSR count). The van der Waals surface area contributed by atoms with Crippen LogP contribution in [0.4, 0.5) is 5.95 Å². The van der Waals surface area contributed by atoms with Gasteiger partial charge < -0.3 is 9.80 Å². The number of fused-ring (bicyclic) bond motifs is 1. The van der Waals surface area contributed by atoms with Crippen LogP contribution in [0.2, 0.25) is 0 Å². The summed E-state index contributed by atoms with van der Waals surface area (Å²) in [5, 5.41) is 4.20. The quantitative estimate of drug-likeness (QED) is 0.675. The topological polar surface area (TPSA) is 92.4 Å². The molecule has 1 aliphatic heterocycles. The van der Waals surface area contributed by atoms with Crippen molar-refractivity contribution < 1.29 is 4.79 Å². The molecular formula is C18H22N8O. The molecule has 0 bridgehead atoms. The van der Waals surface area contributed by atoms with E-state index in [2.05, 4.69) is 29.9 Å². The number of piperazine rings is 1. The van der Waals surface area contributed by atoms with E-state index in [1.54, 1.807) is 23.0 Å². The van der Waals surface area contributed by atoms with E-state index in [1.807, 2.05) is 18.7 Å². The molecule has 9 heteroatoms. The number of aromatic nitrogens is 6. The van der Waals surface area contributed by atoms with Gasteiger partial charge in [0.15, 0.2) is 0 Å². The monoisotopic (exact) mass is 366 g/mol. The van der Waals surface area contributed by atoms with Gasteiger partial charge in [-0.1, -0.05) is 0 Å². The Balaban J connectivity index is 1.37. The van der Waals surface area contributed by atoms with Crippen LogP contribution in [0, 0.1) is 13.8 Å². The highest BCUT2D eigenvalue weighted by Crippen LogP contribution is 2.16. The van der Waals surface area contributed by atoms with Gasteiger partial charge in [0, 0.05) is 56.4 Å². The Bertz CT molecular complexity index is 947. The molecule has 1 aliphatic rings. The summed E-state index contributed by atoms with van der Waals surface area (Å²) in [5.74, 6) is 1.49. The second-order valence-corrected chi connectivity index (χ2v) is 6.65. The van der Waals surface area contributed by atoms with Crippen LogP contribution in [0.3, 0.4) is 0 Å². The van der Waals surface area contributed by atoms with Gasteiger partial charge in [0.05, 0.1) is 0 Å². The van der Waals surface area contributed by atoms with Crippen molar-refractivity contribution >= 4 is 17.6 Å². The van der Waals surface area contributed by atoms with Crippen molar-refractivity contribution in [3.8, 4) is 0 Å². The minimum atomic E-state index is 0.168. The van der Waals surface area contributed by atoms with E-state index in [4.69, 9.17) is 0 Å². The molecule has 0 saturated carbocycles. The van der Waals surface area contributed by atoms with Crippen LogP contribution in [0.15, 0.2) is 24.8 Å². The maximum absolute atomic E-state index is 12.7. The first-order valence-electron chi connectivity index (χ1n) is 9.09. The van der Waals surface area contributed by atoms with E-state index in [9.17, 15) is 4.79 Å². The predicted octanol–water partition coefficient (Wildman–Crippen LogP) is 0.813. The molecule has 0 radical (unpaired) electrons. The standard InChI is InChI=1S/C18H22N8O/c1-13-15(14(2)26-18(23-13)21-12-22-26)4-5-16(27)24-8-10-25(11-9-24)17-19-6-3-7-20-17/h3,6-7,12H,4-5,8-11H2,1-2H3. The SMILES string of the molecule is Cc1nc2ncnn2c(C)c1CCC(=O)N1CCN(c2ncccn2)CC1. The number of carbonyl (C=O) groups excluding carboxylic acids is 1. The fourth-order valence-corrected chi connectivity index (χ4v) is 3.52. The molecule has 1 saturated heterocycles. The number of amides is 1. The summed E-state index contributed by atoms with van der Waals surface area (Å²) in [7, 11) is 0. The lowest BCUT2D eigenvalue weighted by molar-refractivity contribution is -0.131. The highest BCUT2D eigenvalue weighted by Gasteiger charge is 2.23. The van der Waals surface area contributed by atoms with Gasteiger partial charge in [-0.2, -0.15) is 10.1 Å². The van der Waals surface area contributed by atoms with Gasteiger partial charge in [-0.3, -0.25) is 4.79 Å². The number of rotatable bonds is 4. The molecule has 27 heavy (non-hydrogen) atoms. The van der Waals surface area contributed by atoms with Gasteiger partial charge in [0.2, 0.25) is 11.9 Å². The summed E-state index contributed by atoms with van der Waals surface area (Å²) in [6.45, 7) is 6.83. The number of carbonyl (C=O) groups is 1. The van der Waals surface area contributed by atoms with E-state index < -0.39 is 0 Å². The third-order valence-electron chi connectivity index (χ3n) is 5.04. The first-order valence-corrected chi connectivity index (χ1v) is 9.09. The summed E-state index contributed by atoms with van der Waals surface area (Å²) < 4.78 is 1.73. The fraction of sp³-hybridized carbons (Fsp3) is 0.444. The molecule has 1 fully saturated rings. The first kappa shape index (κ1) is 17.3.